The molecule has 2 aromatic carbocycles. The maximum Gasteiger partial charge on any atom is 0.127 e. The van der Waals surface area contributed by atoms with Crippen molar-refractivity contribution in [3.8, 4) is 5.75 Å². The highest BCUT2D eigenvalue weighted by molar-refractivity contribution is 7.55. The molecule has 0 bridgehead atoms. The van der Waals surface area contributed by atoms with Crippen LogP contribution >= 0.6 is 8.58 Å². The second-order valence-corrected chi connectivity index (χ2v) is 7.04. The van der Waals surface area contributed by atoms with E-state index < -0.39 is 0 Å². The summed E-state index contributed by atoms with van der Waals surface area (Å²) in [6, 6.07) is 14.6. The highest BCUT2D eigenvalue weighted by Crippen LogP contribution is 2.32. The predicted octanol–water partition coefficient (Wildman–Crippen LogP) is 3.34. The molecular weight excluding hydrogens is 301 g/mol. The molecule has 2 aromatic rings. The molecule has 0 radical (unpaired) electrons. The topological polar surface area (TPSA) is 32.3 Å². The maximum absolute atomic E-state index is 10.8. The van der Waals surface area contributed by atoms with Gasteiger partial charge in [0.15, 0.2) is 0 Å². The van der Waals surface area contributed by atoms with Gasteiger partial charge in [-0.25, -0.2) is 0 Å². The van der Waals surface area contributed by atoms with Crippen LogP contribution in [0.2, 0.25) is 0 Å². The summed E-state index contributed by atoms with van der Waals surface area (Å²) in [6.45, 7) is 0.847. The largest absolute Gasteiger partial charge is 0.507 e. The second kappa shape index (κ2) is 7.59. The number of aromatic hydroxyl groups is 1. The molecule has 2 unspecified atom stereocenters. The first-order chi connectivity index (χ1) is 11.3. The van der Waals surface area contributed by atoms with Gasteiger partial charge >= 0.3 is 0 Å². The highest BCUT2D eigenvalue weighted by atomic mass is 31.1. The maximum atomic E-state index is 10.8. The van der Waals surface area contributed by atoms with Crippen molar-refractivity contribution < 1.29 is 5.11 Å². The molecule has 23 heavy (non-hydrogen) atoms. The average molecular weight is 323 g/mol. The number of allylic oxidation sites excluding steroid dienone is 4. The van der Waals surface area contributed by atoms with Crippen LogP contribution in [0.5, 0.6) is 5.75 Å². The molecule has 0 amide bonds. The summed E-state index contributed by atoms with van der Waals surface area (Å²) in [4.78, 5) is 0. The first kappa shape index (κ1) is 16.0. The predicted molar refractivity (Wildman–Crippen MR) is 101 cm³/mol. The van der Waals surface area contributed by atoms with Crippen LogP contribution in [-0.2, 0) is 6.54 Å². The van der Waals surface area contributed by atoms with Gasteiger partial charge in [-0.2, -0.15) is 0 Å². The zero-order chi connectivity index (χ0) is 16.1. The highest BCUT2D eigenvalue weighted by Gasteiger charge is 2.16. The van der Waals surface area contributed by atoms with Gasteiger partial charge in [0.25, 0.3) is 0 Å². The van der Waals surface area contributed by atoms with Gasteiger partial charge in [-0.15, -0.1) is 0 Å². The van der Waals surface area contributed by atoms with Gasteiger partial charge in [-0.1, -0.05) is 75.3 Å². The van der Waals surface area contributed by atoms with E-state index in [0.717, 1.165) is 23.8 Å². The van der Waals surface area contributed by atoms with Crippen LogP contribution in [0.1, 0.15) is 23.5 Å². The Morgan fingerprint density at radius 1 is 1.09 bits per heavy atom. The van der Waals surface area contributed by atoms with Crippen LogP contribution in [0, 0.1) is 0 Å². The lowest BCUT2D eigenvalue weighted by molar-refractivity contribution is 0.470. The first-order valence-corrected chi connectivity index (χ1v) is 8.94. The molecular formula is C20H22NOP. The molecule has 0 saturated heterocycles. The number of benzene rings is 2. The van der Waals surface area contributed by atoms with E-state index in [9.17, 15) is 5.11 Å². The van der Waals surface area contributed by atoms with Crippen LogP contribution in [0.3, 0.4) is 0 Å². The number of rotatable bonds is 5. The van der Waals surface area contributed by atoms with Gasteiger partial charge in [0.1, 0.15) is 5.75 Å². The van der Waals surface area contributed by atoms with Crippen LogP contribution < -0.4 is 15.9 Å². The van der Waals surface area contributed by atoms with Crippen molar-refractivity contribution in [3.05, 3.63) is 77.9 Å². The van der Waals surface area contributed by atoms with E-state index in [1.54, 1.807) is 0 Å². The van der Waals surface area contributed by atoms with Gasteiger partial charge < -0.3 is 10.4 Å². The zero-order valence-electron chi connectivity index (χ0n) is 13.3. The molecule has 0 heterocycles. The van der Waals surface area contributed by atoms with Gasteiger partial charge in [0, 0.05) is 23.3 Å². The molecule has 118 valence electrons. The van der Waals surface area contributed by atoms with Gasteiger partial charge in [0.05, 0.1) is 0 Å². The molecule has 0 aliphatic heterocycles. The van der Waals surface area contributed by atoms with E-state index in [1.807, 2.05) is 19.2 Å². The van der Waals surface area contributed by atoms with Crippen LogP contribution in [0.25, 0.3) is 0 Å². The van der Waals surface area contributed by atoms with Crippen molar-refractivity contribution in [2.75, 3.05) is 7.05 Å². The Hall–Kier alpha value is -1.89. The van der Waals surface area contributed by atoms with E-state index in [1.165, 1.54) is 10.9 Å². The van der Waals surface area contributed by atoms with E-state index in [0.29, 0.717) is 14.3 Å². The molecule has 0 aromatic heterocycles. The van der Waals surface area contributed by atoms with Gasteiger partial charge in [-0.3, -0.25) is 0 Å². The normalized spacial score (nSPS) is 17.2. The minimum Gasteiger partial charge on any atom is -0.507 e. The third kappa shape index (κ3) is 3.72. The van der Waals surface area contributed by atoms with Crippen molar-refractivity contribution in [3.63, 3.8) is 0 Å². The lowest BCUT2D eigenvalue weighted by Crippen LogP contribution is -2.15. The molecule has 0 spiro atoms. The summed E-state index contributed by atoms with van der Waals surface area (Å²) in [5.41, 5.74) is 2.32. The third-order valence-electron chi connectivity index (χ3n) is 4.10. The van der Waals surface area contributed by atoms with E-state index >= 15 is 0 Å². The Morgan fingerprint density at radius 3 is 2.70 bits per heavy atom. The standard InChI is InChI=1S/C20H22NOP/c1-21-14-16-10-5-6-12-18(16)23-19-13-7-11-17(20(19)22)15-8-3-2-4-9-15/h2-8,10-13,15,21-23H,9,14H2,1H3. The fourth-order valence-corrected chi connectivity index (χ4v) is 4.15. The Morgan fingerprint density at radius 2 is 1.91 bits per heavy atom. The number of para-hydroxylation sites is 1. The Bertz CT molecular complexity index is 736. The molecule has 1 aliphatic rings. The van der Waals surface area contributed by atoms with Crippen molar-refractivity contribution in [2.45, 2.75) is 18.9 Å². The first-order valence-electron chi connectivity index (χ1n) is 7.94. The molecule has 0 fully saturated rings. The molecule has 2 nitrogen and oxygen atoms in total. The van der Waals surface area contributed by atoms with Crippen LogP contribution in [-0.4, -0.2) is 12.2 Å². The van der Waals surface area contributed by atoms with E-state index in [2.05, 4.69) is 60.0 Å². The number of hydrogen-bond acceptors (Lipinski definition) is 2. The smallest absolute Gasteiger partial charge is 0.127 e. The lowest BCUT2D eigenvalue weighted by Gasteiger charge is -2.18. The number of phenols is 1. The van der Waals surface area contributed by atoms with E-state index in [-0.39, 0.29) is 5.92 Å². The van der Waals surface area contributed by atoms with Gasteiger partial charge in [-0.05, 0) is 24.3 Å². The molecule has 2 N–H and O–H groups in total. The quantitative estimate of drug-likeness (QED) is 0.827. The van der Waals surface area contributed by atoms with Crippen molar-refractivity contribution in [1.82, 2.24) is 5.32 Å². The van der Waals surface area contributed by atoms with Crippen LogP contribution in [0.4, 0.5) is 0 Å². The Balaban J connectivity index is 1.89. The minimum atomic E-state index is 0.275. The molecule has 1 aliphatic carbocycles. The fourth-order valence-electron chi connectivity index (χ4n) is 2.90. The number of nitrogens with one attached hydrogen (secondary N) is 1. The summed E-state index contributed by atoms with van der Waals surface area (Å²) in [6.07, 6.45) is 9.39. The average Bonchev–Trinajstić information content (AvgIpc) is 2.59. The third-order valence-corrected chi connectivity index (χ3v) is 5.53. The Kier molecular flexibility index (Phi) is 5.27. The Labute approximate surface area is 139 Å². The van der Waals surface area contributed by atoms with E-state index in [4.69, 9.17) is 0 Å². The summed E-state index contributed by atoms with van der Waals surface area (Å²) >= 11 is 0. The SMILES string of the molecule is CNCc1ccccc1Pc1cccc(C2C=CC=CC2)c1O. The van der Waals surface area contributed by atoms with Crippen molar-refractivity contribution in [2.24, 2.45) is 0 Å². The zero-order valence-corrected chi connectivity index (χ0v) is 14.3. The van der Waals surface area contributed by atoms with Crippen molar-refractivity contribution >= 4 is 19.2 Å². The summed E-state index contributed by atoms with van der Waals surface area (Å²) in [5, 5.41) is 16.3. The summed E-state index contributed by atoms with van der Waals surface area (Å²) in [7, 11) is 2.42. The summed E-state index contributed by atoms with van der Waals surface area (Å²) < 4.78 is 0. The second-order valence-electron chi connectivity index (χ2n) is 5.71. The minimum absolute atomic E-state index is 0.275. The number of hydrogen-bond donors (Lipinski definition) is 2. The fraction of sp³-hybridized carbons (Fsp3) is 0.200. The monoisotopic (exact) mass is 323 g/mol. The molecule has 3 rings (SSSR count). The van der Waals surface area contributed by atoms with Crippen LogP contribution in [0.15, 0.2) is 66.8 Å². The van der Waals surface area contributed by atoms with Gasteiger partial charge in [0.2, 0.25) is 0 Å². The number of phenolic OH excluding ortho intramolecular Hbond substituents is 1. The molecule has 2 atom stereocenters. The molecule has 3 heteroatoms. The summed E-state index contributed by atoms with van der Waals surface area (Å²) in [5.74, 6) is 0.729. The van der Waals surface area contributed by atoms with Crippen molar-refractivity contribution in [1.29, 1.82) is 0 Å². The lowest BCUT2D eigenvalue weighted by atomic mass is 9.92. The molecule has 0 saturated carbocycles.